The molecule has 1 aliphatic rings. The molecule has 0 aromatic rings. The topological polar surface area (TPSA) is 50.4 Å². The van der Waals surface area contributed by atoms with Gasteiger partial charge in [0.15, 0.2) is 0 Å². The fraction of sp³-hybridized carbons (Fsp3) is 0.941. The van der Waals surface area contributed by atoms with E-state index in [4.69, 9.17) is 4.74 Å². The number of carbonyl (C=O) groups excluding carboxylic acids is 1. The first kappa shape index (κ1) is 18.3. The lowest BCUT2D eigenvalue weighted by atomic mass is 9.75. The lowest BCUT2D eigenvalue weighted by molar-refractivity contribution is 0.0501. The second kappa shape index (κ2) is 7.48. The Kier molecular flexibility index (Phi) is 6.51. The molecule has 1 saturated carbocycles. The summed E-state index contributed by atoms with van der Waals surface area (Å²) < 4.78 is 5.31. The molecule has 1 aliphatic carbocycles. The Morgan fingerprint density at radius 2 is 1.86 bits per heavy atom. The van der Waals surface area contributed by atoms with Crippen LogP contribution in [0.4, 0.5) is 4.79 Å². The minimum absolute atomic E-state index is 0.134. The zero-order valence-electron chi connectivity index (χ0n) is 14.7. The van der Waals surface area contributed by atoms with E-state index in [0.29, 0.717) is 11.5 Å². The van der Waals surface area contributed by atoms with Crippen molar-refractivity contribution in [3.8, 4) is 0 Å². The first-order chi connectivity index (χ1) is 9.61. The van der Waals surface area contributed by atoms with Gasteiger partial charge in [0.1, 0.15) is 5.60 Å². The molecule has 4 heteroatoms. The van der Waals surface area contributed by atoms with Crippen LogP contribution in [0.1, 0.15) is 73.6 Å². The molecule has 0 heterocycles. The van der Waals surface area contributed by atoms with Crippen molar-refractivity contribution >= 4 is 6.09 Å². The molecule has 1 rings (SSSR count). The molecular formula is C17H34N2O2. The summed E-state index contributed by atoms with van der Waals surface area (Å²) in [7, 11) is 0. The first-order valence-corrected chi connectivity index (χ1v) is 8.34. The SMILES string of the molecule is CCC(CNC1CCC(C)(C)CC1)NC(=O)OC(C)(C)C. The fourth-order valence-corrected chi connectivity index (χ4v) is 2.68. The van der Waals surface area contributed by atoms with E-state index in [1.165, 1.54) is 25.7 Å². The molecule has 1 unspecified atom stereocenters. The van der Waals surface area contributed by atoms with Gasteiger partial charge in [-0.1, -0.05) is 20.8 Å². The van der Waals surface area contributed by atoms with Crippen molar-refractivity contribution in [2.24, 2.45) is 5.41 Å². The van der Waals surface area contributed by atoms with E-state index in [1.807, 2.05) is 20.8 Å². The van der Waals surface area contributed by atoms with Crippen LogP contribution in [-0.4, -0.2) is 30.3 Å². The molecule has 0 bridgehead atoms. The van der Waals surface area contributed by atoms with Crippen molar-refractivity contribution < 1.29 is 9.53 Å². The van der Waals surface area contributed by atoms with E-state index in [2.05, 4.69) is 31.4 Å². The summed E-state index contributed by atoms with van der Waals surface area (Å²) >= 11 is 0. The highest BCUT2D eigenvalue weighted by atomic mass is 16.6. The molecular weight excluding hydrogens is 264 g/mol. The van der Waals surface area contributed by atoms with Gasteiger partial charge in [0.2, 0.25) is 0 Å². The number of nitrogens with one attached hydrogen (secondary N) is 2. The normalized spacial score (nSPS) is 20.9. The van der Waals surface area contributed by atoms with Crippen molar-refractivity contribution in [1.29, 1.82) is 0 Å². The fourth-order valence-electron chi connectivity index (χ4n) is 2.68. The highest BCUT2D eigenvalue weighted by Gasteiger charge is 2.27. The van der Waals surface area contributed by atoms with E-state index >= 15 is 0 Å². The standard InChI is InChI=1S/C17H34N2O2/c1-7-13(19-15(20)21-16(2,3)4)12-18-14-8-10-17(5,6)11-9-14/h13-14,18H,7-12H2,1-6H3,(H,19,20). The van der Waals surface area contributed by atoms with Gasteiger partial charge in [0, 0.05) is 18.6 Å². The largest absolute Gasteiger partial charge is 0.444 e. The monoisotopic (exact) mass is 298 g/mol. The van der Waals surface area contributed by atoms with E-state index in [9.17, 15) is 4.79 Å². The zero-order chi connectivity index (χ0) is 16.1. The molecule has 0 aromatic carbocycles. The Hall–Kier alpha value is -0.770. The van der Waals surface area contributed by atoms with Crippen LogP contribution in [0, 0.1) is 5.41 Å². The van der Waals surface area contributed by atoms with Gasteiger partial charge in [-0.15, -0.1) is 0 Å². The third-order valence-corrected chi connectivity index (χ3v) is 4.21. The summed E-state index contributed by atoms with van der Waals surface area (Å²) in [6.07, 6.45) is 5.61. The number of rotatable bonds is 5. The summed E-state index contributed by atoms with van der Waals surface area (Å²) in [6, 6.07) is 0.724. The van der Waals surface area contributed by atoms with Crippen LogP contribution in [-0.2, 0) is 4.74 Å². The highest BCUT2D eigenvalue weighted by Crippen LogP contribution is 2.34. The molecule has 0 spiro atoms. The Balaban J connectivity index is 2.30. The second-order valence-electron chi connectivity index (χ2n) is 8.10. The maximum atomic E-state index is 11.8. The Morgan fingerprint density at radius 3 is 2.33 bits per heavy atom. The number of ether oxygens (including phenoxy) is 1. The first-order valence-electron chi connectivity index (χ1n) is 8.34. The zero-order valence-corrected chi connectivity index (χ0v) is 14.7. The van der Waals surface area contributed by atoms with Gasteiger partial charge in [0.25, 0.3) is 0 Å². The van der Waals surface area contributed by atoms with Crippen LogP contribution < -0.4 is 10.6 Å². The molecule has 0 aliphatic heterocycles. The predicted molar refractivity (Wildman–Crippen MR) is 87.5 cm³/mol. The van der Waals surface area contributed by atoms with Gasteiger partial charge in [-0.25, -0.2) is 4.79 Å². The lowest BCUT2D eigenvalue weighted by Gasteiger charge is -2.35. The molecule has 1 amide bonds. The summed E-state index contributed by atoms with van der Waals surface area (Å²) in [5.74, 6) is 0. The van der Waals surface area contributed by atoms with E-state index < -0.39 is 5.60 Å². The van der Waals surface area contributed by atoms with Crippen LogP contribution >= 0.6 is 0 Å². The molecule has 4 nitrogen and oxygen atoms in total. The summed E-state index contributed by atoms with van der Waals surface area (Å²) in [5.41, 5.74) is 0.0574. The maximum Gasteiger partial charge on any atom is 0.407 e. The lowest BCUT2D eigenvalue weighted by Crippen LogP contribution is -2.47. The van der Waals surface area contributed by atoms with Gasteiger partial charge < -0.3 is 15.4 Å². The van der Waals surface area contributed by atoms with E-state index in [0.717, 1.165) is 13.0 Å². The van der Waals surface area contributed by atoms with Gasteiger partial charge in [0.05, 0.1) is 0 Å². The minimum Gasteiger partial charge on any atom is -0.444 e. The molecule has 2 N–H and O–H groups in total. The molecule has 0 aromatic heterocycles. The summed E-state index contributed by atoms with van der Waals surface area (Å²) in [5, 5.41) is 6.56. The third kappa shape index (κ3) is 7.70. The van der Waals surface area contributed by atoms with E-state index in [1.54, 1.807) is 0 Å². The quantitative estimate of drug-likeness (QED) is 0.810. The van der Waals surface area contributed by atoms with Crippen molar-refractivity contribution in [3.05, 3.63) is 0 Å². The average Bonchev–Trinajstić information content (AvgIpc) is 2.33. The highest BCUT2D eigenvalue weighted by molar-refractivity contribution is 5.68. The smallest absolute Gasteiger partial charge is 0.407 e. The molecule has 1 atom stereocenters. The third-order valence-electron chi connectivity index (χ3n) is 4.21. The number of hydrogen-bond donors (Lipinski definition) is 2. The van der Waals surface area contributed by atoms with Crippen molar-refractivity contribution in [2.45, 2.75) is 91.3 Å². The molecule has 21 heavy (non-hydrogen) atoms. The summed E-state index contributed by atoms with van der Waals surface area (Å²) in [4.78, 5) is 11.8. The number of hydrogen-bond acceptors (Lipinski definition) is 3. The van der Waals surface area contributed by atoms with Crippen molar-refractivity contribution in [1.82, 2.24) is 10.6 Å². The summed E-state index contributed by atoms with van der Waals surface area (Å²) in [6.45, 7) is 13.3. The molecule has 0 saturated heterocycles. The van der Waals surface area contributed by atoms with Crippen LogP contribution in [0.5, 0.6) is 0 Å². The van der Waals surface area contributed by atoms with Crippen LogP contribution in [0.15, 0.2) is 0 Å². The number of carbonyl (C=O) groups is 1. The second-order valence-corrected chi connectivity index (χ2v) is 8.10. The molecule has 0 radical (unpaired) electrons. The Morgan fingerprint density at radius 1 is 1.29 bits per heavy atom. The van der Waals surface area contributed by atoms with E-state index in [-0.39, 0.29) is 12.1 Å². The van der Waals surface area contributed by atoms with Crippen LogP contribution in [0.2, 0.25) is 0 Å². The van der Waals surface area contributed by atoms with Gasteiger partial charge >= 0.3 is 6.09 Å². The van der Waals surface area contributed by atoms with Gasteiger partial charge in [-0.3, -0.25) is 0 Å². The van der Waals surface area contributed by atoms with Crippen molar-refractivity contribution in [3.63, 3.8) is 0 Å². The number of amides is 1. The number of alkyl carbamates (subject to hydrolysis) is 1. The maximum absolute atomic E-state index is 11.8. The predicted octanol–water partition coefficient (Wildman–Crippen LogP) is 3.85. The van der Waals surface area contributed by atoms with Crippen LogP contribution in [0.25, 0.3) is 0 Å². The van der Waals surface area contributed by atoms with Gasteiger partial charge in [-0.05, 0) is 58.3 Å². The van der Waals surface area contributed by atoms with Crippen molar-refractivity contribution in [2.75, 3.05) is 6.54 Å². The van der Waals surface area contributed by atoms with Gasteiger partial charge in [-0.2, -0.15) is 0 Å². The van der Waals surface area contributed by atoms with Crippen LogP contribution in [0.3, 0.4) is 0 Å². The Labute approximate surface area is 130 Å². The molecule has 1 fully saturated rings. The average molecular weight is 298 g/mol. The molecule has 124 valence electrons. The Bertz CT molecular complexity index is 324. The minimum atomic E-state index is -0.440.